The number of amides is 1. The molecule has 1 saturated carbocycles. The summed E-state index contributed by atoms with van der Waals surface area (Å²) < 4.78 is 11.7. The summed E-state index contributed by atoms with van der Waals surface area (Å²) in [6.07, 6.45) is 8.86. The first-order valence-corrected chi connectivity index (χ1v) is 10.1. The molecule has 1 aromatic rings. The third kappa shape index (κ3) is 6.58. The molecule has 0 spiro atoms. The predicted octanol–water partition coefficient (Wildman–Crippen LogP) is 3.83. The Balaban J connectivity index is 0.00000261. The van der Waals surface area contributed by atoms with E-state index >= 15 is 0 Å². The van der Waals surface area contributed by atoms with Crippen molar-refractivity contribution in [1.82, 2.24) is 10.6 Å². The van der Waals surface area contributed by atoms with Crippen molar-refractivity contribution in [3.8, 4) is 11.5 Å². The summed E-state index contributed by atoms with van der Waals surface area (Å²) in [6.45, 7) is 2.65. The Kier molecular flexibility index (Phi) is 9.22. The molecule has 6 heteroatoms. The van der Waals surface area contributed by atoms with Crippen LogP contribution in [0.3, 0.4) is 0 Å². The fraction of sp³-hybridized carbons (Fsp3) is 0.667. The molecule has 3 rings (SSSR count). The first-order valence-electron chi connectivity index (χ1n) is 10.1. The van der Waals surface area contributed by atoms with E-state index in [2.05, 4.69) is 10.6 Å². The number of methoxy groups -OCH3 is 1. The number of piperidine rings is 1. The van der Waals surface area contributed by atoms with Gasteiger partial charge >= 0.3 is 0 Å². The van der Waals surface area contributed by atoms with Crippen LogP contribution in [0.4, 0.5) is 0 Å². The van der Waals surface area contributed by atoms with E-state index in [1.807, 2.05) is 18.2 Å². The quantitative estimate of drug-likeness (QED) is 0.701. The maximum absolute atomic E-state index is 12.3. The number of carbonyl (C=O) groups is 1. The van der Waals surface area contributed by atoms with E-state index in [0.29, 0.717) is 18.9 Å². The Hall–Kier alpha value is -1.46. The molecule has 1 heterocycles. The lowest BCUT2D eigenvalue weighted by Crippen LogP contribution is -2.29. The van der Waals surface area contributed by atoms with E-state index in [4.69, 9.17) is 9.47 Å². The number of rotatable bonds is 8. The van der Waals surface area contributed by atoms with Gasteiger partial charge in [-0.25, -0.2) is 0 Å². The molecule has 1 saturated heterocycles. The highest BCUT2D eigenvalue weighted by atomic mass is 35.5. The minimum atomic E-state index is 0. The maximum Gasteiger partial charge on any atom is 0.220 e. The number of ether oxygens (including phenoxy) is 2. The van der Waals surface area contributed by atoms with Crippen molar-refractivity contribution in [2.24, 2.45) is 5.92 Å². The monoisotopic (exact) mass is 396 g/mol. The molecule has 27 heavy (non-hydrogen) atoms. The average Bonchev–Trinajstić information content (AvgIpc) is 3.19. The Morgan fingerprint density at radius 3 is 2.63 bits per heavy atom. The third-order valence-electron chi connectivity index (χ3n) is 5.58. The van der Waals surface area contributed by atoms with Gasteiger partial charge < -0.3 is 20.1 Å². The second-order valence-corrected chi connectivity index (χ2v) is 7.48. The van der Waals surface area contributed by atoms with Crippen molar-refractivity contribution in [3.05, 3.63) is 23.8 Å². The van der Waals surface area contributed by atoms with Gasteiger partial charge in [0.25, 0.3) is 0 Å². The summed E-state index contributed by atoms with van der Waals surface area (Å²) in [5, 5.41) is 6.43. The van der Waals surface area contributed by atoms with E-state index in [-0.39, 0.29) is 24.4 Å². The highest BCUT2D eigenvalue weighted by Gasteiger charge is 2.21. The first-order chi connectivity index (χ1) is 12.8. The van der Waals surface area contributed by atoms with E-state index < -0.39 is 0 Å². The number of hydrogen-bond donors (Lipinski definition) is 2. The largest absolute Gasteiger partial charge is 0.493 e. The molecule has 0 unspecified atom stereocenters. The Morgan fingerprint density at radius 2 is 1.93 bits per heavy atom. The van der Waals surface area contributed by atoms with Gasteiger partial charge in [0.05, 0.1) is 13.2 Å². The fourth-order valence-corrected chi connectivity index (χ4v) is 3.96. The van der Waals surface area contributed by atoms with Gasteiger partial charge in [0, 0.05) is 18.5 Å². The van der Waals surface area contributed by atoms with Crippen LogP contribution in [-0.2, 0) is 11.3 Å². The van der Waals surface area contributed by atoms with Gasteiger partial charge in [-0.2, -0.15) is 0 Å². The molecule has 1 amide bonds. The molecule has 0 radical (unpaired) electrons. The molecule has 1 aromatic carbocycles. The van der Waals surface area contributed by atoms with Gasteiger partial charge in [0.1, 0.15) is 0 Å². The number of halogens is 1. The van der Waals surface area contributed by atoms with Crippen LogP contribution in [0.5, 0.6) is 11.5 Å². The van der Waals surface area contributed by atoms with Crippen LogP contribution in [0.25, 0.3) is 0 Å². The number of carbonyl (C=O) groups excluding carboxylic acids is 1. The lowest BCUT2D eigenvalue weighted by atomic mass is 9.93. The minimum absolute atomic E-state index is 0. The molecule has 2 N–H and O–H groups in total. The summed E-state index contributed by atoms with van der Waals surface area (Å²) in [5.41, 5.74) is 0.992. The average molecular weight is 397 g/mol. The summed E-state index contributed by atoms with van der Waals surface area (Å²) in [6, 6.07) is 5.89. The van der Waals surface area contributed by atoms with Gasteiger partial charge in [-0.15, -0.1) is 12.4 Å². The van der Waals surface area contributed by atoms with Crippen LogP contribution in [0.2, 0.25) is 0 Å². The van der Waals surface area contributed by atoms with Crippen molar-refractivity contribution < 1.29 is 14.3 Å². The zero-order valence-corrected chi connectivity index (χ0v) is 17.1. The second-order valence-electron chi connectivity index (χ2n) is 7.48. The lowest BCUT2D eigenvalue weighted by Gasteiger charge is -2.22. The van der Waals surface area contributed by atoms with Crippen molar-refractivity contribution in [2.75, 3.05) is 20.2 Å². The predicted molar refractivity (Wildman–Crippen MR) is 110 cm³/mol. The molecule has 1 aliphatic carbocycles. The first kappa shape index (κ1) is 21.8. The highest BCUT2D eigenvalue weighted by Crippen LogP contribution is 2.34. The zero-order valence-electron chi connectivity index (χ0n) is 16.3. The van der Waals surface area contributed by atoms with Gasteiger partial charge in [0.15, 0.2) is 11.5 Å². The molecule has 2 fully saturated rings. The van der Waals surface area contributed by atoms with Crippen LogP contribution in [0, 0.1) is 5.92 Å². The molecule has 152 valence electrons. The standard InChI is InChI=1S/C21H32N2O3.ClH/c1-25-19-8-4-5-17(21(19)26-18-6-2-3-7-18)15-23-20(24)10-9-16-11-13-22-14-12-16;/h4-5,8,16,18,22H,2-3,6-7,9-15H2,1H3,(H,23,24);1H. The highest BCUT2D eigenvalue weighted by molar-refractivity contribution is 5.85. The number of para-hydroxylation sites is 1. The Morgan fingerprint density at radius 1 is 1.19 bits per heavy atom. The van der Waals surface area contributed by atoms with Gasteiger partial charge in [-0.1, -0.05) is 12.1 Å². The van der Waals surface area contributed by atoms with E-state index in [9.17, 15) is 4.79 Å². The molecule has 0 bridgehead atoms. The van der Waals surface area contributed by atoms with Crippen molar-refractivity contribution in [2.45, 2.75) is 64.0 Å². The van der Waals surface area contributed by atoms with Crippen molar-refractivity contribution in [1.29, 1.82) is 0 Å². The van der Waals surface area contributed by atoms with E-state index in [1.165, 1.54) is 25.7 Å². The van der Waals surface area contributed by atoms with Crippen LogP contribution in [-0.4, -0.2) is 32.2 Å². The Bertz CT molecular complexity index is 585. The maximum atomic E-state index is 12.3. The summed E-state index contributed by atoms with van der Waals surface area (Å²) >= 11 is 0. The smallest absolute Gasteiger partial charge is 0.220 e. The fourth-order valence-electron chi connectivity index (χ4n) is 3.96. The van der Waals surface area contributed by atoms with Crippen LogP contribution < -0.4 is 20.1 Å². The molecule has 0 atom stereocenters. The number of nitrogens with one attached hydrogen (secondary N) is 2. The van der Waals surface area contributed by atoms with E-state index in [1.54, 1.807) is 7.11 Å². The van der Waals surface area contributed by atoms with Crippen LogP contribution in [0.15, 0.2) is 18.2 Å². The number of hydrogen-bond acceptors (Lipinski definition) is 4. The normalized spacial score (nSPS) is 18.0. The number of benzene rings is 1. The third-order valence-corrected chi connectivity index (χ3v) is 5.58. The molecule has 5 nitrogen and oxygen atoms in total. The summed E-state index contributed by atoms with van der Waals surface area (Å²) in [4.78, 5) is 12.3. The van der Waals surface area contributed by atoms with Gasteiger partial charge in [-0.05, 0) is 70.0 Å². The summed E-state index contributed by atoms with van der Waals surface area (Å²) in [7, 11) is 1.66. The molecule has 2 aliphatic rings. The second kappa shape index (κ2) is 11.4. The molecular weight excluding hydrogens is 364 g/mol. The SMILES string of the molecule is COc1cccc(CNC(=O)CCC2CCNCC2)c1OC1CCCC1.Cl. The Labute approximate surface area is 169 Å². The molecular formula is C21H33ClN2O3. The summed E-state index contributed by atoms with van der Waals surface area (Å²) in [5.74, 6) is 2.34. The molecule has 0 aromatic heterocycles. The topological polar surface area (TPSA) is 59.6 Å². The van der Waals surface area contributed by atoms with Gasteiger partial charge in [-0.3, -0.25) is 4.79 Å². The molecule has 1 aliphatic heterocycles. The van der Waals surface area contributed by atoms with E-state index in [0.717, 1.165) is 49.4 Å². The van der Waals surface area contributed by atoms with Crippen LogP contribution >= 0.6 is 12.4 Å². The zero-order chi connectivity index (χ0) is 18.2. The van der Waals surface area contributed by atoms with Crippen molar-refractivity contribution in [3.63, 3.8) is 0 Å². The van der Waals surface area contributed by atoms with Crippen LogP contribution in [0.1, 0.15) is 56.9 Å². The lowest BCUT2D eigenvalue weighted by molar-refractivity contribution is -0.121. The van der Waals surface area contributed by atoms with Crippen molar-refractivity contribution >= 4 is 18.3 Å². The minimum Gasteiger partial charge on any atom is -0.493 e. The van der Waals surface area contributed by atoms with Gasteiger partial charge in [0.2, 0.25) is 5.91 Å².